The first kappa shape index (κ1) is 18.1. The van der Waals surface area contributed by atoms with E-state index in [0.717, 1.165) is 45.2 Å². The summed E-state index contributed by atoms with van der Waals surface area (Å²) in [7, 11) is -3.67. The molecule has 0 radical (unpaired) electrons. The number of piperidine rings is 2. The number of nitro benzene ring substituents is 1. The maximum absolute atomic E-state index is 12.8. The monoisotopic (exact) mass is 367 g/mol. The normalized spacial score (nSPS) is 22.8. The largest absolute Gasteiger partial charge is 0.366 e. The van der Waals surface area contributed by atoms with E-state index in [2.05, 4.69) is 6.92 Å². The van der Waals surface area contributed by atoms with Crippen molar-refractivity contribution in [2.75, 3.05) is 31.1 Å². The van der Waals surface area contributed by atoms with Crippen LogP contribution in [0, 0.1) is 16.0 Å². The van der Waals surface area contributed by atoms with Crippen LogP contribution in [0.5, 0.6) is 0 Å². The molecule has 2 saturated heterocycles. The average molecular weight is 367 g/mol. The zero-order valence-corrected chi connectivity index (χ0v) is 15.4. The Labute approximate surface area is 148 Å². The summed E-state index contributed by atoms with van der Waals surface area (Å²) in [5, 5.41) is 11.6. The molecular formula is C17H25N3O4S. The van der Waals surface area contributed by atoms with Crippen LogP contribution in [0.4, 0.5) is 11.4 Å². The van der Waals surface area contributed by atoms with Gasteiger partial charge in [0.15, 0.2) is 0 Å². The van der Waals surface area contributed by atoms with E-state index in [1.54, 1.807) is 6.07 Å². The van der Waals surface area contributed by atoms with Crippen LogP contribution >= 0.6 is 0 Å². The number of nitrogens with zero attached hydrogens (tertiary/aromatic N) is 3. The van der Waals surface area contributed by atoms with E-state index < -0.39 is 14.9 Å². The van der Waals surface area contributed by atoms with Gasteiger partial charge in [0, 0.05) is 32.2 Å². The number of hydrogen-bond acceptors (Lipinski definition) is 5. The van der Waals surface area contributed by atoms with Gasteiger partial charge in [0.25, 0.3) is 5.69 Å². The summed E-state index contributed by atoms with van der Waals surface area (Å²) in [6.45, 7) is 4.64. The molecule has 25 heavy (non-hydrogen) atoms. The SMILES string of the molecule is C[C@@H]1CCCN(c2ccc(S(=O)(=O)N3CCCCC3)cc2[N+](=O)[O-])C1. The molecule has 0 amide bonds. The van der Waals surface area contributed by atoms with Crippen molar-refractivity contribution in [1.29, 1.82) is 0 Å². The Morgan fingerprint density at radius 1 is 1.12 bits per heavy atom. The fourth-order valence-electron chi connectivity index (χ4n) is 3.74. The predicted octanol–water partition coefficient (Wildman–Crippen LogP) is 3.01. The number of anilines is 1. The zero-order chi connectivity index (χ0) is 18.0. The second-order valence-corrected chi connectivity index (χ2v) is 9.00. The Bertz CT molecular complexity index is 744. The Hall–Kier alpha value is -1.67. The van der Waals surface area contributed by atoms with E-state index in [9.17, 15) is 18.5 Å². The van der Waals surface area contributed by atoms with Crippen LogP contribution in [0.2, 0.25) is 0 Å². The molecule has 1 aromatic carbocycles. The molecule has 2 aliphatic heterocycles. The number of hydrogen-bond donors (Lipinski definition) is 0. The topological polar surface area (TPSA) is 83.8 Å². The van der Waals surface area contributed by atoms with Gasteiger partial charge < -0.3 is 4.90 Å². The molecule has 2 heterocycles. The van der Waals surface area contributed by atoms with Crippen molar-refractivity contribution in [3.8, 4) is 0 Å². The van der Waals surface area contributed by atoms with Crippen LogP contribution in [0.15, 0.2) is 23.1 Å². The molecule has 2 fully saturated rings. The standard InChI is InChI=1S/C17H25N3O4S/c1-14-6-5-9-18(13-14)16-8-7-15(12-17(16)20(21)22)25(23,24)19-10-3-2-4-11-19/h7-8,12,14H,2-6,9-11,13H2,1H3/t14-/m1/s1. The number of nitro groups is 1. The summed E-state index contributed by atoms with van der Waals surface area (Å²) in [5.74, 6) is 0.477. The van der Waals surface area contributed by atoms with Gasteiger partial charge in [-0.1, -0.05) is 13.3 Å². The molecule has 0 aromatic heterocycles. The maximum Gasteiger partial charge on any atom is 0.293 e. The first-order valence-electron chi connectivity index (χ1n) is 8.93. The summed E-state index contributed by atoms with van der Waals surface area (Å²) in [5.41, 5.74) is 0.404. The van der Waals surface area contributed by atoms with Crippen LogP contribution in [-0.2, 0) is 10.0 Å². The molecule has 0 saturated carbocycles. The number of benzene rings is 1. The lowest BCUT2D eigenvalue weighted by Gasteiger charge is -2.32. The Balaban J connectivity index is 1.95. The van der Waals surface area contributed by atoms with Gasteiger partial charge in [0.2, 0.25) is 10.0 Å². The van der Waals surface area contributed by atoms with Crippen LogP contribution < -0.4 is 4.90 Å². The van der Waals surface area contributed by atoms with E-state index in [0.29, 0.717) is 24.7 Å². The smallest absolute Gasteiger partial charge is 0.293 e. The van der Waals surface area contributed by atoms with Gasteiger partial charge in [0.1, 0.15) is 5.69 Å². The average Bonchev–Trinajstić information content (AvgIpc) is 2.62. The summed E-state index contributed by atoms with van der Waals surface area (Å²) in [6, 6.07) is 4.36. The van der Waals surface area contributed by atoms with Crippen molar-refractivity contribution in [3.05, 3.63) is 28.3 Å². The molecule has 0 N–H and O–H groups in total. The van der Waals surface area contributed by atoms with Crippen molar-refractivity contribution < 1.29 is 13.3 Å². The van der Waals surface area contributed by atoms with Gasteiger partial charge in [-0.05, 0) is 43.7 Å². The van der Waals surface area contributed by atoms with Crippen molar-refractivity contribution >= 4 is 21.4 Å². The Kier molecular flexibility index (Phi) is 5.29. The minimum Gasteiger partial charge on any atom is -0.366 e. The van der Waals surface area contributed by atoms with Crippen LogP contribution in [0.3, 0.4) is 0 Å². The first-order valence-corrected chi connectivity index (χ1v) is 10.4. The van der Waals surface area contributed by atoms with Gasteiger partial charge >= 0.3 is 0 Å². The lowest BCUT2D eigenvalue weighted by Crippen LogP contribution is -2.36. The molecule has 0 unspecified atom stereocenters. The third-order valence-electron chi connectivity index (χ3n) is 5.09. The van der Waals surface area contributed by atoms with Crippen molar-refractivity contribution in [2.24, 2.45) is 5.92 Å². The second-order valence-electron chi connectivity index (χ2n) is 7.07. The summed E-state index contributed by atoms with van der Waals surface area (Å²) >= 11 is 0. The lowest BCUT2D eigenvalue weighted by atomic mass is 9.99. The maximum atomic E-state index is 12.8. The molecular weight excluding hydrogens is 342 g/mol. The molecule has 0 bridgehead atoms. The quantitative estimate of drug-likeness (QED) is 0.603. The molecule has 2 aliphatic rings. The highest BCUT2D eigenvalue weighted by Crippen LogP contribution is 2.34. The first-order chi connectivity index (χ1) is 11.9. The highest BCUT2D eigenvalue weighted by Gasteiger charge is 2.30. The van der Waals surface area contributed by atoms with Gasteiger partial charge in [0.05, 0.1) is 9.82 Å². The fourth-order valence-corrected chi connectivity index (χ4v) is 5.28. The van der Waals surface area contributed by atoms with Gasteiger partial charge in [-0.15, -0.1) is 0 Å². The molecule has 138 valence electrons. The molecule has 0 spiro atoms. The minimum atomic E-state index is -3.67. The van der Waals surface area contributed by atoms with E-state index >= 15 is 0 Å². The van der Waals surface area contributed by atoms with Crippen molar-refractivity contribution in [1.82, 2.24) is 4.31 Å². The Morgan fingerprint density at radius 2 is 1.84 bits per heavy atom. The van der Waals surface area contributed by atoms with E-state index in [-0.39, 0.29) is 10.6 Å². The minimum absolute atomic E-state index is 0.0231. The van der Waals surface area contributed by atoms with Crippen molar-refractivity contribution in [2.45, 2.75) is 43.9 Å². The van der Waals surface area contributed by atoms with Gasteiger partial charge in [-0.25, -0.2) is 8.42 Å². The van der Waals surface area contributed by atoms with Gasteiger partial charge in [-0.3, -0.25) is 10.1 Å². The van der Waals surface area contributed by atoms with Crippen LogP contribution in [0.1, 0.15) is 39.0 Å². The molecule has 0 aliphatic carbocycles. The van der Waals surface area contributed by atoms with Crippen LogP contribution in [-0.4, -0.2) is 43.8 Å². The lowest BCUT2D eigenvalue weighted by molar-refractivity contribution is -0.384. The van der Waals surface area contributed by atoms with E-state index in [4.69, 9.17) is 0 Å². The molecule has 1 atom stereocenters. The number of sulfonamides is 1. The highest BCUT2D eigenvalue weighted by atomic mass is 32.2. The van der Waals surface area contributed by atoms with E-state index in [1.807, 2.05) is 4.90 Å². The molecule has 7 nitrogen and oxygen atoms in total. The molecule has 1 aromatic rings. The van der Waals surface area contributed by atoms with E-state index in [1.165, 1.54) is 16.4 Å². The van der Waals surface area contributed by atoms with Crippen LogP contribution in [0.25, 0.3) is 0 Å². The predicted molar refractivity (Wildman–Crippen MR) is 96.3 cm³/mol. The zero-order valence-electron chi connectivity index (χ0n) is 14.6. The second kappa shape index (κ2) is 7.29. The van der Waals surface area contributed by atoms with Crippen molar-refractivity contribution in [3.63, 3.8) is 0 Å². The van der Waals surface area contributed by atoms with Gasteiger partial charge in [-0.2, -0.15) is 4.31 Å². The Morgan fingerprint density at radius 3 is 2.48 bits per heavy atom. The fraction of sp³-hybridized carbons (Fsp3) is 0.647. The number of rotatable bonds is 4. The summed E-state index contributed by atoms with van der Waals surface area (Å²) in [4.78, 5) is 13.1. The highest BCUT2D eigenvalue weighted by molar-refractivity contribution is 7.89. The third-order valence-corrected chi connectivity index (χ3v) is 6.99. The molecule has 8 heteroatoms. The summed E-state index contributed by atoms with van der Waals surface area (Å²) < 4.78 is 27.0. The molecule has 3 rings (SSSR count). The third kappa shape index (κ3) is 3.79. The summed E-state index contributed by atoms with van der Waals surface area (Å²) in [6.07, 6.45) is 4.81.